The van der Waals surface area contributed by atoms with Crippen LogP contribution in [-0.2, 0) is 4.79 Å². The third-order valence-electron chi connectivity index (χ3n) is 2.51. The maximum atomic E-state index is 12.8. The van der Waals surface area contributed by atoms with Crippen LogP contribution in [0, 0.1) is 0 Å². The number of halogens is 4. The molecule has 1 amide bonds. The lowest BCUT2D eigenvalue weighted by Gasteiger charge is -2.18. The van der Waals surface area contributed by atoms with Crippen LogP contribution in [-0.4, -0.2) is 22.1 Å². The van der Waals surface area contributed by atoms with Gasteiger partial charge >= 0.3 is 6.18 Å². The molecule has 1 aliphatic heterocycles. The zero-order valence-corrected chi connectivity index (χ0v) is 10.8. The molecule has 3 nitrogen and oxygen atoms in total. The van der Waals surface area contributed by atoms with E-state index in [1.54, 1.807) is 18.2 Å². The first-order chi connectivity index (χ1) is 8.24. The monoisotopic (exact) mass is 320 g/mol. The molecule has 2 rings (SSSR count). The summed E-state index contributed by atoms with van der Waals surface area (Å²) < 4.78 is 36.5. The van der Waals surface area contributed by atoms with Crippen molar-refractivity contribution in [3.05, 3.63) is 30.3 Å². The molecule has 1 atom stereocenters. The van der Waals surface area contributed by atoms with Gasteiger partial charge in [-0.2, -0.15) is 23.3 Å². The lowest BCUT2D eigenvalue weighted by atomic mass is 10.1. The molecule has 0 radical (unpaired) electrons. The Labute approximate surface area is 109 Å². The van der Waals surface area contributed by atoms with Crippen LogP contribution in [0.3, 0.4) is 0 Å². The molecular weight excluding hydrogens is 313 g/mol. The minimum absolute atomic E-state index is 0.299. The van der Waals surface area contributed by atoms with Crippen molar-refractivity contribution < 1.29 is 18.0 Å². The normalized spacial score (nSPS) is 24.4. The van der Waals surface area contributed by atoms with E-state index in [0.717, 1.165) is 11.9 Å². The molecule has 0 saturated carbocycles. The number of nitrogens with zero attached hydrogens (tertiary/aromatic N) is 2. The van der Waals surface area contributed by atoms with Crippen molar-refractivity contribution in [2.75, 3.05) is 5.01 Å². The van der Waals surface area contributed by atoms with Crippen LogP contribution in [0.15, 0.2) is 35.4 Å². The molecule has 0 bridgehead atoms. The Morgan fingerprint density at radius 1 is 1.28 bits per heavy atom. The van der Waals surface area contributed by atoms with Crippen molar-refractivity contribution in [1.29, 1.82) is 0 Å². The van der Waals surface area contributed by atoms with Crippen LogP contribution < -0.4 is 5.01 Å². The van der Waals surface area contributed by atoms with Gasteiger partial charge in [-0.25, -0.2) is 0 Å². The van der Waals surface area contributed by atoms with Crippen molar-refractivity contribution >= 4 is 33.2 Å². The van der Waals surface area contributed by atoms with E-state index in [1.807, 2.05) is 0 Å². The minimum atomic E-state index is -4.66. The van der Waals surface area contributed by atoms with E-state index in [0.29, 0.717) is 5.69 Å². The molecule has 1 aliphatic rings. The second-order valence-electron chi connectivity index (χ2n) is 3.90. The fraction of sp³-hybridized carbons (Fsp3) is 0.273. The van der Waals surface area contributed by atoms with Crippen molar-refractivity contribution in [3.8, 4) is 0 Å². The number of rotatable bonds is 1. The van der Waals surface area contributed by atoms with Crippen LogP contribution in [0.1, 0.15) is 6.92 Å². The molecule has 1 aromatic carbocycles. The molecule has 18 heavy (non-hydrogen) atoms. The summed E-state index contributed by atoms with van der Waals surface area (Å²) in [6.45, 7) is 1.14. The average Bonchev–Trinajstić information content (AvgIpc) is 2.52. The molecule has 7 heteroatoms. The summed E-state index contributed by atoms with van der Waals surface area (Å²) in [6.07, 6.45) is -4.66. The first-order valence-electron chi connectivity index (χ1n) is 4.99. The third-order valence-corrected chi connectivity index (χ3v) is 3.22. The first kappa shape index (κ1) is 13.1. The highest BCUT2D eigenvalue weighted by molar-refractivity contribution is 9.10. The molecular formula is C11H8BrF3N2O. The van der Waals surface area contributed by atoms with Crippen molar-refractivity contribution in [1.82, 2.24) is 0 Å². The Morgan fingerprint density at radius 2 is 1.83 bits per heavy atom. The van der Waals surface area contributed by atoms with Crippen LogP contribution >= 0.6 is 15.9 Å². The number of hydrazone groups is 1. The molecule has 96 valence electrons. The molecule has 1 heterocycles. The van der Waals surface area contributed by atoms with Gasteiger partial charge in [0.2, 0.25) is 0 Å². The Kier molecular flexibility index (Phi) is 2.96. The highest BCUT2D eigenvalue weighted by Gasteiger charge is 2.57. The molecule has 0 fully saturated rings. The van der Waals surface area contributed by atoms with E-state index in [1.165, 1.54) is 12.1 Å². The van der Waals surface area contributed by atoms with Gasteiger partial charge in [0.05, 0.1) is 5.69 Å². The maximum absolute atomic E-state index is 12.8. The number of hydrogen-bond acceptors (Lipinski definition) is 2. The van der Waals surface area contributed by atoms with E-state index in [2.05, 4.69) is 21.0 Å². The highest BCUT2D eigenvalue weighted by Crippen LogP contribution is 2.38. The van der Waals surface area contributed by atoms with Crippen molar-refractivity contribution in [3.63, 3.8) is 0 Å². The summed E-state index contributed by atoms with van der Waals surface area (Å²) in [6, 6.07) is 7.98. The Balaban J connectivity index is 2.48. The lowest BCUT2D eigenvalue weighted by Crippen LogP contribution is -2.43. The highest BCUT2D eigenvalue weighted by atomic mass is 79.9. The summed E-state index contributed by atoms with van der Waals surface area (Å²) in [5.74, 6) is -0.763. The zero-order chi connectivity index (χ0) is 13.6. The molecule has 0 saturated heterocycles. The van der Waals surface area contributed by atoms with Crippen molar-refractivity contribution in [2.45, 2.75) is 17.4 Å². The smallest absolute Gasteiger partial charge is 0.270 e. The largest absolute Gasteiger partial charge is 0.433 e. The molecule has 0 spiro atoms. The fourth-order valence-electron chi connectivity index (χ4n) is 1.61. The van der Waals surface area contributed by atoms with Gasteiger partial charge in [-0.05, 0) is 19.1 Å². The molecule has 1 aromatic rings. The average molecular weight is 321 g/mol. The summed E-state index contributed by atoms with van der Waals surface area (Å²) in [5, 5.41) is 4.15. The van der Waals surface area contributed by atoms with Gasteiger partial charge in [-0.15, -0.1) is 0 Å². The van der Waals surface area contributed by atoms with Gasteiger partial charge in [0.25, 0.3) is 5.91 Å². The number of carbonyl (C=O) groups is 1. The van der Waals surface area contributed by atoms with Crippen LogP contribution in [0.25, 0.3) is 0 Å². The van der Waals surface area contributed by atoms with Gasteiger partial charge in [0.15, 0.2) is 10.0 Å². The van der Waals surface area contributed by atoms with Gasteiger partial charge < -0.3 is 0 Å². The van der Waals surface area contributed by atoms with E-state index in [-0.39, 0.29) is 0 Å². The fourth-order valence-corrected chi connectivity index (χ4v) is 2.08. The summed E-state index contributed by atoms with van der Waals surface area (Å²) in [5.41, 5.74) is -0.851. The van der Waals surface area contributed by atoms with E-state index in [4.69, 9.17) is 0 Å². The predicted octanol–water partition coefficient (Wildman–Crippen LogP) is 3.11. The molecule has 1 unspecified atom stereocenters. The molecule has 0 aromatic heterocycles. The quantitative estimate of drug-likeness (QED) is 0.732. The minimum Gasteiger partial charge on any atom is -0.270 e. The van der Waals surface area contributed by atoms with Crippen molar-refractivity contribution in [2.24, 2.45) is 5.10 Å². The van der Waals surface area contributed by atoms with E-state index >= 15 is 0 Å². The predicted molar refractivity (Wildman–Crippen MR) is 64.8 cm³/mol. The summed E-state index contributed by atoms with van der Waals surface area (Å²) >= 11 is 2.81. The first-order valence-corrected chi connectivity index (χ1v) is 5.78. The Morgan fingerprint density at radius 3 is 2.28 bits per heavy atom. The Hall–Kier alpha value is -1.37. The number of hydrogen-bond donors (Lipinski definition) is 0. The third kappa shape index (κ3) is 2.03. The second-order valence-corrected chi connectivity index (χ2v) is 5.49. The van der Waals surface area contributed by atoms with Gasteiger partial charge in [-0.1, -0.05) is 34.1 Å². The standard InChI is InChI=1S/C11H8BrF3N2O/c1-10(12)8(11(13,14)15)16-17(9(10)18)7-5-3-2-4-6-7/h2-6H,1H3. The van der Waals surface area contributed by atoms with Crippen LogP contribution in [0.2, 0.25) is 0 Å². The number of alkyl halides is 4. The van der Waals surface area contributed by atoms with E-state index in [9.17, 15) is 18.0 Å². The number of carbonyl (C=O) groups excluding carboxylic acids is 1. The van der Waals surface area contributed by atoms with E-state index < -0.39 is 22.1 Å². The lowest BCUT2D eigenvalue weighted by molar-refractivity contribution is -0.119. The van der Waals surface area contributed by atoms with Crippen LogP contribution in [0.4, 0.5) is 18.9 Å². The summed E-state index contributed by atoms with van der Waals surface area (Å²) in [7, 11) is 0. The van der Waals surface area contributed by atoms with Gasteiger partial charge in [0, 0.05) is 0 Å². The molecule has 0 N–H and O–H groups in total. The molecule has 0 aliphatic carbocycles. The number of para-hydroxylation sites is 1. The zero-order valence-electron chi connectivity index (χ0n) is 9.20. The van der Waals surface area contributed by atoms with Gasteiger partial charge in [0.1, 0.15) is 0 Å². The number of anilines is 1. The second kappa shape index (κ2) is 4.08. The number of amides is 1. The van der Waals surface area contributed by atoms with Crippen LogP contribution in [0.5, 0.6) is 0 Å². The van der Waals surface area contributed by atoms with Gasteiger partial charge in [-0.3, -0.25) is 4.79 Å². The maximum Gasteiger partial charge on any atom is 0.433 e. The Bertz CT molecular complexity index is 511. The topological polar surface area (TPSA) is 32.7 Å². The number of benzene rings is 1. The summed E-state index contributed by atoms with van der Waals surface area (Å²) in [4.78, 5) is 11.9. The SMILES string of the molecule is CC1(Br)C(=O)N(c2ccccc2)N=C1C(F)(F)F.